The molecule has 32 valence electrons. The van der Waals surface area contributed by atoms with Crippen LogP contribution in [0.5, 0.6) is 0 Å². The van der Waals surface area contributed by atoms with Crippen molar-refractivity contribution in [3.05, 3.63) is 23.7 Å². The van der Waals surface area contributed by atoms with Crippen LogP contribution in [0.25, 0.3) is 0 Å². The van der Waals surface area contributed by atoms with E-state index in [0.29, 0.717) is 0 Å². The molecule has 0 aliphatic heterocycles. The van der Waals surface area contributed by atoms with Crippen LogP contribution in [0.15, 0.2) is 23.7 Å². The van der Waals surface area contributed by atoms with Gasteiger partial charge in [-0.25, -0.2) is 0 Å². The van der Waals surface area contributed by atoms with Crippen molar-refractivity contribution >= 4 is 0 Å². The first kappa shape index (κ1) is 3.28. The fourth-order valence-electron chi connectivity index (χ4n) is 0.219. The SMILES string of the molecule is [O-]C1=C([O-])C=C1. The van der Waals surface area contributed by atoms with Gasteiger partial charge in [-0.2, -0.15) is 0 Å². The van der Waals surface area contributed by atoms with Crippen molar-refractivity contribution in [2.24, 2.45) is 0 Å². The molecule has 0 spiro atoms. The second kappa shape index (κ2) is 0.772. The molecule has 2 nitrogen and oxygen atoms in total. The normalized spacial score (nSPS) is 18.0. The average Bonchev–Trinajstić information content (AvgIpc) is 1.61. The lowest BCUT2D eigenvalue weighted by Gasteiger charge is -2.24. The average molecular weight is 82.1 g/mol. The van der Waals surface area contributed by atoms with E-state index in [-0.39, 0.29) is 11.5 Å². The second-order valence-electron chi connectivity index (χ2n) is 1.06. The molecule has 1 aliphatic rings. The molecule has 0 unspecified atom stereocenters. The van der Waals surface area contributed by atoms with Crippen molar-refractivity contribution in [1.82, 2.24) is 0 Å². The molecule has 0 aromatic rings. The maximum absolute atomic E-state index is 9.79. The molecule has 0 aromatic carbocycles. The lowest BCUT2D eigenvalue weighted by molar-refractivity contribution is -0.352. The number of rotatable bonds is 0. The Morgan fingerprint density at radius 1 is 1.00 bits per heavy atom. The molecule has 0 amide bonds. The van der Waals surface area contributed by atoms with E-state index in [1.165, 1.54) is 12.2 Å². The lowest BCUT2D eigenvalue weighted by Crippen LogP contribution is -2.18. The molecule has 0 bridgehead atoms. The van der Waals surface area contributed by atoms with Gasteiger partial charge < -0.3 is 10.2 Å². The number of allylic oxidation sites excluding steroid dienone is 2. The highest BCUT2D eigenvalue weighted by Crippen LogP contribution is 2.03. The fraction of sp³-hybridized carbons (Fsp3) is 0. The molecule has 2 heteroatoms. The van der Waals surface area contributed by atoms with Crippen LogP contribution < -0.4 is 10.2 Å². The van der Waals surface area contributed by atoms with Gasteiger partial charge in [0.1, 0.15) is 0 Å². The zero-order valence-corrected chi connectivity index (χ0v) is 2.97. The summed E-state index contributed by atoms with van der Waals surface area (Å²) in [5.41, 5.74) is 0. The van der Waals surface area contributed by atoms with Gasteiger partial charge in [-0.1, -0.05) is 12.2 Å². The van der Waals surface area contributed by atoms with E-state index in [4.69, 9.17) is 0 Å². The van der Waals surface area contributed by atoms with Crippen molar-refractivity contribution in [2.75, 3.05) is 0 Å². The highest BCUT2D eigenvalue weighted by atomic mass is 16.3. The van der Waals surface area contributed by atoms with Crippen LogP contribution in [-0.4, -0.2) is 0 Å². The maximum atomic E-state index is 9.79. The third-order valence-electron chi connectivity index (χ3n) is 0.629. The van der Waals surface area contributed by atoms with E-state index < -0.39 is 0 Å². The second-order valence-corrected chi connectivity index (χ2v) is 1.06. The third-order valence-corrected chi connectivity index (χ3v) is 0.629. The Kier molecular flexibility index (Phi) is 0.422. The van der Waals surface area contributed by atoms with Crippen molar-refractivity contribution < 1.29 is 10.2 Å². The zero-order chi connectivity index (χ0) is 4.57. The fourth-order valence-corrected chi connectivity index (χ4v) is 0.219. The molecule has 1 aliphatic carbocycles. The summed E-state index contributed by atoms with van der Waals surface area (Å²) < 4.78 is 0. The smallest absolute Gasteiger partial charge is 0.0714 e. The predicted octanol–water partition coefficient (Wildman–Crippen LogP) is -1.51. The largest absolute Gasteiger partial charge is 0.873 e. The van der Waals surface area contributed by atoms with Gasteiger partial charge in [-0.3, -0.25) is 0 Å². The van der Waals surface area contributed by atoms with Gasteiger partial charge >= 0.3 is 0 Å². The summed E-state index contributed by atoms with van der Waals surface area (Å²) in [6, 6.07) is 0. The molecule has 0 radical (unpaired) electrons. The zero-order valence-electron chi connectivity index (χ0n) is 2.97. The molecule has 1 rings (SSSR count). The summed E-state index contributed by atoms with van der Waals surface area (Å²) >= 11 is 0. The van der Waals surface area contributed by atoms with E-state index in [1.54, 1.807) is 0 Å². The molecule has 0 fully saturated rings. The minimum Gasteiger partial charge on any atom is -0.873 e. The Bertz CT molecular complexity index is 108. The standard InChI is InChI=1S/C4H4O2/c5-3-1-2-4(3)6/h1-2,5-6H/p-2. The van der Waals surface area contributed by atoms with Gasteiger partial charge in [0.2, 0.25) is 0 Å². The molecule has 0 aromatic heterocycles. The van der Waals surface area contributed by atoms with Gasteiger partial charge in [0.25, 0.3) is 0 Å². The first-order valence-corrected chi connectivity index (χ1v) is 1.57. The van der Waals surface area contributed by atoms with E-state index >= 15 is 0 Å². The summed E-state index contributed by atoms with van der Waals surface area (Å²) in [5, 5.41) is 19.6. The first-order chi connectivity index (χ1) is 2.80. The molecular formula is C4H2O2-2. The topological polar surface area (TPSA) is 46.1 Å². The third kappa shape index (κ3) is 0.204. The molecule has 0 saturated heterocycles. The molecule has 6 heavy (non-hydrogen) atoms. The van der Waals surface area contributed by atoms with Crippen LogP contribution in [0.1, 0.15) is 0 Å². The van der Waals surface area contributed by atoms with E-state index in [0.717, 1.165) is 0 Å². The lowest BCUT2D eigenvalue weighted by atomic mass is 10.2. The Labute approximate surface area is 35.0 Å². The Morgan fingerprint density at radius 2 is 1.33 bits per heavy atom. The summed E-state index contributed by atoms with van der Waals surface area (Å²) in [5.74, 6) is -0.759. The molecule has 0 saturated carbocycles. The van der Waals surface area contributed by atoms with E-state index in [9.17, 15) is 10.2 Å². The Hall–Kier alpha value is -0.920. The molecule has 0 N–H and O–H groups in total. The van der Waals surface area contributed by atoms with Crippen molar-refractivity contribution in [1.29, 1.82) is 0 Å². The van der Waals surface area contributed by atoms with E-state index in [2.05, 4.69) is 0 Å². The van der Waals surface area contributed by atoms with Gasteiger partial charge in [-0.15, -0.1) is 11.5 Å². The number of hydrogen-bond acceptors (Lipinski definition) is 2. The molecular weight excluding hydrogens is 80.0 g/mol. The van der Waals surface area contributed by atoms with Crippen molar-refractivity contribution in [3.63, 3.8) is 0 Å². The highest BCUT2D eigenvalue weighted by molar-refractivity contribution is 5.32. The van der Waals surface area contributed by atoms with Crippen LogP contribution in [0.2, 0.25) is 0 Å². The Balaban J connectivity index is 2.71. The summed E-state index contributed by atoms with van der Waals surface area (Å²) in [7, 11) is 0. The quantitative estimate of drug-likeness (QED) is 0.356. The maximum Gasteiger partial charge on any atom is -0.0714 e. The number of hydrogen-bond donors (Lipinski definition) is 0. The van der Waals surface area contributed by atoms with Gasteiger partial charge in [0.05, 0.1) is 0 Å². The minimum absolute atomic E-state index is 0.380. The first-order valence-electron chi connectivity index (χ1n) is 1.57. The summed E-state index contributed by atoms with van der Waals surface area (Å²) in [4.78, 5) is 0. The Morgan fingerprint density at radius 3 is 1.33 bits per heavy atom. The van der Waals surface area contributed by atoms with Crippen LogP contribution in [0, 0.1) is 0 Å². The van der Waals surface area contributed by atoms with Gasteiger partial charge in [-0.05, 0) is 0 Å². The summed E-state index contributed by atoms with van der Waals surface area (Å²) in [6.07, 6.45) is 2.50. The predicted molar refractivity (Wildman–Crippen MR) is 16.2 cm³/mol. The summed E-state index contributed by atoms with van der Waals surface area (Å²) in [6.45, 7) is 0. The van der Waals surface area contributed by atoms with Crippen LogP contribution >= 0.6 is 0 Å². The van der Waals surface area contributed by atoms with Crippen molar-refractivity contribution in [2.45, 2.75) is 0 Å². The van der Waals surface area contributed by atoms with Crippen LogP contribution in [0.4, 0.5) is 0 Å². The van der Waals surface area contributed by atoms with E-state index in [1.807, 2.05) is 0 Å². The van der Waals surface area contributed by atoms with Gasteiger partial charge in [0.15, 0.2) is 0 Å². The van der Waals surface area contributed by atoms with Crippen LogP contribution in [-0.2, 0) is 0 Å². The van der Waals surface area contributed by atoms with Gasteiger partial charge in [0, 0.05) is 0 Å². The van der Waals surface area contributed by atoms with Crippen LogP contribution in [0.3, 0.4) is 0 Å². The monoisotopic (exact) mass is 82.0 g/mol. The molecule has 0 atom stereocenters. The van der Waals surface area contributed by atoms with Crippen molar-refractivity contribution in [3.8, 4) is 0 Å². The minimum atomic E-state index is -0.380. The molecule has 0 heterocycles. The highest BCUT2D eigenvalue weighted by Gasteiger charge is 1.81.